The molecule has 0 aromatic heterocycles. The van der Waals surface area contributed by atoms with Crippen molar-refractivity contribution >= 4 is 0 Å². The lowest BCUT2D eigenvalue weighted by atomic mass is 9.88. The van der Waals surface area contributed by atoms with Gasteiger partial charge in [0, 0.05) is 19.0 Å². The molecule has 0 fully saturated rings. The summed E-state index contributed by atoms with van der Waals surface area (Å²) < 4.78 is 0. The van der Waals surface area contributed by atoms with Crippen LogP contribution in [0.25, 0.3) is 0 Å². The molecule has 0 radical (unpaired) electrons. The molecule has 1 atom stereocenters. The number of fused-ring (bicyclic) bond motifs is 1. The van der Waals surface area contributed by atoms with Gasteiger partial charge >= 0.3 is 0 Å². The fraction of sp³-hybridized carbons (Fsp3) is 0.294. The van der Waals surface area contributed by atoms with Crippen molar-refractivity contribution in [3.8, 4) is 5.75 Å². The minimum Gasteiger partial charge on any atom is -0.508 e. The van der Waals surface area contributed by atoms with Crippen LogP contribution in [0.4, 0.5) is 0 Å². The van der Waals surface area contributed by atoms with Crippen LogP contribution in [0.1, 0.15) is 22.6 Å². The molecular formula is C17H19NO. The summed E-state index contributed by atoms with van der Waals surface area (Å²) in [6, 6.07) is 16.4. The van der Waals surface area contributed by atoms with Gasteiger partial charge in [0.15, 0.2) is 0 Å². The molecule has 19 heavy (non-hydrogen) atoms. The van der Waals surface area contributed by atoms with Crippen molar-refractivity contribution in [1.29, 1.82) is 0 Å². The van der Waals surface area contributed by atoms with Crippen LogP contribution in [0, 0.1) is 0 Å². The maximum atomic E-state index is 9.80. The summed E-state index contributed by atoms with van der Waals surface area (Å²) >= 11 is 0. The number of hydrogen-bond donors (Lipinski definition) is 1. The van der Waals surface area contributed by atoms with Gasteiger partial charge in [0.1, 0.15) is 5.75 Å². The average Bonchev–Trinajstić information content (AvgIpc) is 2.59. The number of phenols is 1. The molecule has 0 amide bonds. The number of rotatable bonds is 1. The first-order valence-corrected chi connectivity index (χ1v) is 6.79. The smallest absolute Gasteiger partial charge is 0.115 e. The van der Waals surface area contributed by atoms with E-state index in [4.69, 9.17) is 0 Å². The molecule has 2 aromatic carbocycles. The van der Waals surface area contributed by atoms with Crippen LogP contribution in [-0.4, -0.2) is 30.1 Å². The van der Waals surface area contributed by atoms with Gasteiger partial charge in [0.05, 0.1) is 0 Å². The first-order chi connectivity index (χ1) is 9.24. The molecule has 1 heterocycles. The van der Waals surface area contributed by atoms with Gasteiger partial charge in [0.25, 0.3) is 0 Å². The molecule has 1 N–H and O–H groups in total. The number of hydrogen-bond acceptors (Lipinski definition) is 2. The summed E-state index contributed by atoms with van der Waals surface area (Å²) in [6.45, 7) is 2.07. The van der Waals surface area contributed by atoms with E-state index in [9.17, 15) is 5.11 Å². The Labute approximate surface area is 114 Å². The molecule has 0 unspecified atom stereocenters. The molecule has 2 nitrogen and oxygen atoms in total. The second-order valence-electron chi connectivity index (χ2n) is 5.36. The SMILES string of the molecule is CN1CCc2ccc(O)cc2[C@H](c2ccccc2)C1. The molecule has 0 saturated heterocycles. The zero-order valence-electron chi connectivity index (χ0n) is 11.2. The molecule has 1 aliphatic heterocycles. The number of benzene rings is 2. The third-order valence-corrected chi connectivity index (χ3v) is 3.96. The van der Waals surface area contributed by atoms with Crippen LogP contribution in [0.3, 0.4) is 0 Å². The number of phenolic OH excluding ortho intramolecular Hbond substituents is 1. The van der Waals surface area contributed by atoms with Gasteiger partial charge in [-0.3, -0.25) is 0 Å². The molecule has 0 saturated carbocycles. The standard InChI is InChI=1S/C17H19NO/c1-18-10-9-14-7-8-15(19)11-16(14)17(12-18)13-5-3-2-4-6-13/h2-8,11,17,19H,9-10,12H2,1H3/t17-/m0/s1. The number of nitrogens with zero attached hydrogens (tertiary/aromatic N) is 1. The molecule has 98 valence electrons. The summed E-state index contributed by atoms with van der Waals surface area (Å²) in [5.41, 5.74) is 3.95. The lowest BCUT2D eigenvalue weighted by Gasteiger charge is -2.22. The summed E-state index contributed by atoms with van der Waals surface area (Å²) in [7, 11) is 2.17. The summed E-state index contributed by atoms with van der Waals surface area (Å²) in [4.78, 5) is 2.37. The average molecular weight is 253 g/mol. The van der Waals surface area contributed by atoms with E-state index in [1.54, 1.807) is 6.07 Å². The second kappa shape index (κ2) is 5.06. The van der Waals surface area contributed by atoms with E-state index >= 15 is 0 Å². The van der Waals surface area contributed by atoms with Crippen molar-refractivity contribution in [3.63, 3.8) is 0 Å². The van der Waals surface area contributed by atoms with Crippen LogP contribution in [0.15, 0.2) is 48.5 Å². The summed E-state index contributed by atoms with van der Waals surface area (Å²) in [5, 5.41) is 9.80. The van der Waals surface area contributed by atoms with E-state index in [1.165, 1.54) is 16.7 Å². The first kappa shape index (κ1) is 12.2. The predicted molar refractivity (Wildman–Crippen MR) is 77.6 cm³/mol. The monoisotopic (exact) mass is 253 g/mol. The Hall–Kier alpha value is -1.80. The molecule has 0 aliphatic carbocycles. The number of aromatic hydroxyl groups is 1. The van der Waals surface area contributed by atoms with E-state index in [1.807, 2.05) is 12.1 Å². The van der Waals surface area contributed by atoms with E-state index in [-0.39, 0.29) is 0 Å². The second-order valence-corrected chi connectivity index (χ2v) is 5.36. The Kier molecular flexibility index (Phi) is 3.26. The maximum Gasteiger partial charge on any atom is 0.115 e. The molecule has 0 spiro atoms. The van der Waals surface area contributed by atoms with Crippen molar-refractivity contribution in [2.24, 2.45) is 0 Å². The number of likely N-dealkylation sites (N-methyl/N-ethyl adjacent to an activating group) is 1. The van der Waals surface area contributed by atoms with Gasteiger partial charge in [-0.05, 0) is 42.3 Å². The van der Waals surface area contributed by atoms with Crippen LogP contribution >= 0.6 is 0 Å². The fourth-order valence-corrected chi connectivity index (χ4v) is 2.92. The van der Waals surface area contributed by atoms with Gasteiger partial charge in [-0.1, -0.05) is 36.4 Å². The van der Waals surface area contributed by atoms with E-state index < -0.39 is 0 Å². The van der Waals surface area contributed by atoms with E-state index in [0.717, 1.165) is 19.5 Å². The lowest BCUT2D eigenvalue weighted by Crippen LogP contribution is -2.24. The highest BCUT2D eigenvalue weighted by molar-refractivity contribution is 5.43. The normalized spacial score (nSPS) is 19.7. The third kappa shape index (κ3) is 2.49. The zero-order chi connectivity index (χ0) is 13.2. The maximum absolute atomic E-state index is 9.80. The summed E-state index contributed by atoms with van der Waals surface area (Å²) in [6.07, 6.45) is 1.05. The van der Waals surface area contributed by atoms with Gasteiger partial charge < -0.3 is 10.0 Å². The van der Waals surface area contributed by atoms with Crippen LogP contribution in [0.2, 0.25) is 0 Å². The minimum atomic E-state index is 0.343. The molecule has 0 bridgehead atoms. The van der Waals surface area contributed by atoms with Crippen molar-refractivity contribution in [3.05, 3.63) is 65.2 Å². The highest BCUT2D eigenvalue weighted by Gasteiger charge is 2.22. The van der Waals surface area contributed by atoms with Crippen molar-refractivity contribution < 1.29 is 5.11 Å². The Morgan fingerprint density at radius 1 is 1.11 bits per heavy atom. The Bertz CT molecular complexity index is 565. The third-order valence-electron chi connectivity index (χ3n) is 3.96. The van der Waals surface area contributed by atoms with Crippen molar-refractivity contribution in [2.75, 3.05) is 20.1 Å². The molecule has 3 rings (SSSR count). The van der Waals surface area contributed by atoms with E-state index in [2.05, 4.69) is 42.3 Å². The van der Waals surface area contributed by atoms with Gasteiger partial charge in [0.2, 0.25) is 0 Å². The van der Waals surface area contributed by atoms with Gasteiger partial charge in [-0.25, -0.2) is 0 Å². The topological polar surface area (TPSA) is 23.5 Å². The Morgan fingerprint density at radius 3 is 2.68 bits per heavy atom. The van der Waals surface area contributed by atoms with Gasteiger partial charge in [-0.2, -0.15) is 0 Å². The van der Waals surface area contributed by atoms with Gasteiger partial charge in [-0.15, -0.1) is 0 Å². The molecule has 2 aromatic rings. The minimum absolute atomic E-state index is 0.343. The fourth-order valence-electron chi connectivity index (χ4n) is 2.92. The van der Waals surface area contributed by atoms with Crippen LogP contribution in [0.5, 0.6) is 5.75 Å². The van der Waals surface area contributed by atoms with E-state index in [0.29, 0.717) is 11.7 Å². The zero-order valence-corrected chi connectivity index (χ0v) is 11.2. The first-order valence-electron chi connectivity index (χ1n) is 6.79. The highest BCUT2D eigenvalue weighted by Crippen LogP contribution is 2.32. The van der Waals surface area contributed by atoms with Crippen molar-refractivity contribution in [1.82, 2.24) is 4.90 Å². The van der Waals surface area contributed by atoms with Crippen molar-refractivity contribution in [2.45, 2.75) is 12.3 Å². The lowest BCUT2D eigenvalue weighted by molar-refractivity contribution is 0.338. The Balaban J connectivity index is 2.09. The highest BCUT2D eigenvalue weighted by atomic mass is 16.3. The summed E-state index contributed by atoms with van der Waals surface area (Å²) in [5.74, 6) is 0.708. The van der Waals surface area contributed by atoms with Crippen LogP contribution in [-0.2, 0) is 6.42 Å². The van der Waals surface area contributed by atoms with Crippen LogP contribution < -0.4 is 0 Å². The molecule has 1 aliphatic rings. The molecule has 2 heteroatoms. The molecular weight excluding hydrogens is 234 g/mol. The predicted octanol–water partition coefficient (Wildman–Crippen LogP) is 3.01. The Morgan fingerprint density at radius 2 is 1.89 bits per heavy atom. The quantitative estimate of drug-likeness (QED) is 0.844. The largest absolute Gasteiger partial charge is 0.508 e.